The average Bonchev–Trinajstić information content (AvgIpc) is 2.54. The van der Waals surface area contributed by atoms with Gasteiger partial charge in [-0.2, -0.15) is 18.2 Å². The molecule has 0 aliphatic rings. The van der Waals surface area contributed by atoms with Crippen LogP contribution in [0.25, 0.3) is 0 Å². The molecule has 0 radical (unpaired) electrons. The summed E-state index contributed by atoms with van der Waals surface area (Å²) in [5, 5.41) is 0. The molecule has 4 N–H and O–H groups in total. The van der Waals surface area contributed by atoms with Gasteiger partial charge in [0.25, 0.3) is 5.91 Å². The third kappa shape index (κ3) is 4.57. The molecule has 0 atom stereocenters. The first-order chi connectivity index (χ1) is 12.1. The van der Waals surface area contributed by atoms with Gasteiger partial charge in [0.1, 0.15) is 0 Å². The van der Waals surface area contributed by atoms with Gasteiger partial charge in [-0.1, -0.05) is 36.9 Å². The van der Waals surface area contributed by atoms with E-state index in [2.05, 4.69) is 4.99 Å². The molecule has 138 valence electrons. The van der Waals surface area contributed by atoms with Gasteiger partial charge in [0, 0.05) is 15.4 Å². The first-order valence-corrected chi connectivity index (χ1v) is 8.56. The number of alkyl halides is 3. The van der Waals surface area contributed by atoms with Crippen molar-refractivity contribution in [2.45, 2.75) is 36.2 Å². The number of carbonyl (C=O) groups excluding carboxylic acids is 1. The van der Waals surface area contributed by atoms with E-state index in [1.807, 2.05) is 19.1 Å². The maximum atomic E-state index is 13.6. The number of guanidine groups is 1. The van der Waals surface area contributed by atoms with Gasteiger partial charge in [0.05, 0.1) is 5.56 Å². The Kier molecular flexibility index (Phi) is 5.97. The van der Waals surface area contributed by atoms with Crippen molar-refractivity contribution in [3.63, 3.8) is 0 Å². The van der Waals surface area contributed by atoms with Gasteiger partial charge in [-0.05, 0) is 42.7 Å². The van der Waals surface area contributed by atoms with Crippen LogP contribution in [0.4, 0.5) is 13.2 Å². The standard InChI is InChI=1S/C18H18F3N3OS/c1-3-11-8-15(26-14-7-5-4-6-10(14)2)13(18(19,20)21)9-12(11)16(25)24-17(22)23/h4-9H,3H2,1-2H3,(H4,22,23,24,25). The van der Waals surface area contributed by atoms with Crippen molar-refractivity contribution < 1.29 is 18.0 Å². The second-order valence-corrected chi connectivity index (χ2v) is 6.65. The molecule has 0 spiro atoms. The van der Waals surface area contributed by atoms with E-state index >= 15 is 0 Å². The number of aryl methyl sites for hydroxylation is 2. The Balaban J connectivity index is 2.63. The molecule has 0 aromatic heterocycles. The Morgan fingerprint density at radius 2 is 1.81 bits per heavy atom. The molecule has 0 bridgehead atoms. The van der Waals surface area contributed by atoms with Gasteiger partial charge in [0.2, 0.25) is 0 Å². The number of hydrogen-bond acceptors (Lipinski definition) is 2. The lowest BCUT2D eigenvalue weighted by Gasteiger charge is -2.17. The number of hydrogen-bond donors (Lipinski definition) is 2. The van der Waals surface area contributed by atoms with Crippen molar-refractivity contribution in [2.75, 3.05) is 0 Å². The van der Waals surface area contributed by atoms with Crippen LogP contribution >= 0.6 is 11.8 Å². The predicted molar refractivity (Wildman–Crippen MR) is 96.3 cm³/mol. The highest BCUT2D eigenvalue weighted by atomic mass is 32.2. The van der Waals surface area contributed by atoms with Crippen molar-refractivity contribution in [3.05, 3.63) is 58.7 Å². The monoisotopic (exact) mass is 381 g/mol. The molecule has 0 heterocycles. The number of halogens is 3. The fraction of sp³-hybridized carbons (Fsp3) is 0.222. The SMILES string of the molecule is CCc1cc(Sc2ccccc2C)c(C(F)(F)F)cc1C(=O)N=C(N)N. The first kappa shape index (κ1) is 19.8. The normalized spacial score (nSPS) is 11.3. The van der Waals surface area contributed by atoms with Gasteiger partial charge in [-0.25, -0.2) is 0 Å². The van der Waals surface area contributed by atoms with Crippen molar-refractivity contribution >= 4 is 23.6 Å². The Morgan fingerprint density at radius 3 is 2.35 bits per heavy atom. The third-order valence-corrected chi connectivity index (χ3v) is 4.90. The van der Waals surface area contributed by atoms with Crippen LogP contribution in [-0.4, -0.2) is 11.9 Å². The number of nitrogens with two attached hydrogens (primary N) is 2. The topological polar surface area (TPSA) is 81.5 Å². The highest BCUT2D eigenvalue weighted by molar-refractivity contribution is 7.99. The molecule has 0 aliphatic carbocycles. The van der Waals surface area contributed by atoms with E-state index in [-0.39, 0.29) is 10.5 Å². The molecule has 26 heavy (non-hydrogen) atoms. The van der Waals surface area contributed by atoms with E-state index in [1.165, 1.54) is 6.07 Å². The second-order valence-electron chi connectivity index (χ2n) is 5.57. The van der Waals surface area contributed by atoms with Crippen LogP contribution in [-0.2, 0) is 12.6 Å². The number of amides is 1. The van der Waals surface area contributed by atoms with Crippen LogP contribution in [0.2, 0.25) is 0 Å². The Hall–Kier alpha value is -2.48. The lowest BCUT2D eigenvalue weighted by atomic mass is 10.0. The summed E-state index contributed by atoms with van der Waals surface area (Å²) in [5.41, 5.74) is 10.6. The summed E-state index contributed by atoms with van der Waals surface area (Å²) in [6, 6.07) is 9.37. The highest BCUT2D eigenvalue weighted by Gasteiger charge is 2.35. The first-order valence-electron chi connectivity index (χ1n) is 7.75. The zero-order valence-corrected chi connectivity index (χ0v) is 15.0. The zero-order valence-electron chi connectivity index (χ0n) is 14.2. The van der Waals surface area contributed by atoms with Gasteiger partial charge >= 0.3 is 6.18 Å². The van der Waals surface area contributed by atoms with Crippen molar-refractivity contribution in [3.8, 4) is 0 Å². The summed E-state index contributed by atoms with van der Waals surface area (Å²) in [6.07, 6.45) is -4.26. The summed E-state index contributed by atoms with van der Waals surface area (Å²) in [5.74, 6) is -1.39. The Labute approximate surface area is 153 Å². The van der Waals surface area contributed by atoms with E-state index in [9.17, 15) is 18.0 Å². The Bertz CT molecular complexity index is 859. The van der Waals surface area contributed by atoms with E-state index in [0.717, 1.165) is 23.4 Å². The zero-order chi connectivity index (χ0) is 19.5. The predicted octanol–water partition coefficient (Wildman–Crippen LogP) is 4.14. The van der Waals surface area contributed by atoms with E-state index in [4.69, 9.17) is 11.5 Å². The maximum Gasteiger partial charge on any atom is 0.417 e. The quantitative estimate of drug-likeness (QED) is 0.616. The molecule has 2 aromatic carbocycles. The largest absolute Gasteiger partial charge is 0.417 e. The summed E-state index contributed by atoms with van der Waals surface area (Å²) in [7, 11) is 0. The van der Waals surface area contributed by atoms with Crippen molar-refractivity contribution in [2.24, 2.45) is 16.5 Å². The van der Waals surface area contributed by atoms with E-state index in [0.29, 0.717) is 16.9 Å². The lowest BCUT2D eigenvalue weighted by Crippen LogP contribution is -2.24. The number of benzene rings is 2. The second kappa shape index (κ2) is 7.82. The minimum atomic E-state index is -4.62. The molecular formula is C18H18F3N3OS. The number of aliphatic imine (C=N–C) groups is 1. The van der Waals surface area contributed by atoms with Crippen LogP contribution < -0.4 is 11.5 Å². The van der Waals surface area contributed by atoms with Crippen LogP contribution in [0, 0.1) is 6.92 Å². The van der Waals surface area contributed by atoms with Gasteiger partial charge in [-0.3, -0.25) is 4.79 Å². The molecule has 4 nitrogen and oxygen atoms in total. The Morgan fingerprint density at radius 1 is 1.15 bits per heavy atom. The lowest BCUT2D eigenvalue weighted by molar-refractivity contribution is -0.139. The fourth-order valence-electron chi connectivity index (χ4n) is 2.39. The van der Waals surface area contributed by atoms with E-state index in [1.54, 1.807) is 19.1 Å². The minimum Gasteiger partial charge on any atom is -0.370 e. The van der Waals surface area contributed by atoms with E-state index < -0.39 is 23.6 Å². The van der Waals surface area contributed by atoms with Gasteiger partial charge in [0.15, 0.2) is 5.96 Å². The molecule has 0 saturated carbocycles. The van der Waals surface area contributed by atoms with Gasteiger partial charge in [-0.15, -0.1) is 0 Å². The number of nitrogens with zero attached hydrogens (tertiary/aromatic N) is 1. The molecule has 0 aliphatic heterocycles. The minimum absolute atomic E-state index is 0.0323. The summed E-state index contributed by atoms with van der Waals surface area (Å²) in [4.78, 5) is 16.2. The molecule has 0 unspecified atom stereocenters. The van der Waals surface area contributed by atoms with Crippen LogP contribution in [0.3, 0.4) is 0 Å². The summed E-state index contributed by atoms with van der Waals surface area (Å²) >= 11 is 1.02. The third-order valence-electron chi connectivity index (χ3n) is 3.67. The van der Waals surface area contributed by atoms with Crippen LogP contribution in [0.1, 0.15) is 34.0 Å². The number of carbonyl (C=O) groups is 1. The molecule has 2 aromatic rings. The van der Waals surface area contributed by atoms with Gasteiger partial charge < -0.3 is 11.5 Å². The molecule has 1 amide bonds. The molecular weight excluding hydrogens is 363 g/mol. The molecule has 0 fully saturated rings. The maximum absolute atomic E-state index is 13.6. The summed E-state index contributed by atoms with van der Waals surface area (Å²) < 4.78 is 40.8. The van der Waals surface area contributed by atoms with Crippen molar-refractivity contribution in [1.82, 2.24) is 0 Å². The molecule has 2 rings (SSSR count). The van der Waals surface area contributed by atoms with Crippen LogP contribution in [0.5, 0.6) is 0 Å². The highest BCUT2D eigenvalue weighted by Crippen LogP contribution is 2.42. The molecule has 0 saturated heterocycles. The fourth-order valence-corrected chi connectivity index (χ4v) is 3.48. The smallest absolute Gasteiger partial charge is 0.370 e. The van der Waals surface area contributed by atoms with Crippen LogP contribution in [0.15, 0.2) is 51.2 Å². The van der Waals surface area contributed by atoms with Crippen molar-refractivity contribution in [1.29, 1.82) is 0 Å². The average molecular weight is 381 g/mol. The number of rotatable bonds is 4. The molecule has 8 heteroatoms. The summed E-state index contributed by atoms with van der Waals surface area (Å²) in [6.45, 7) is 3.57.